The Morgan fingerprint density at radius 2 is 1.71 bits per heavy atom. The van der Waals surface area contributed by atoms with Crippen molar-refractivity contribution < 1.29 is 28.7 Å². The number of hydrogen-bond donors (Lipinski definition) is 2. The molecule has 5 rings (SSSR count). The third-order valence-electron chi connectivity index (χ3n) is 9.11. The van der Waals surface area contributed by atoms with Gasteiger partial charge in [-0.15, -0.1) is 0 Å². The summed E-state index contributed by atoms with van der Waals surface area (Å²) in [5, 5.41) is 5.04. The summed E-state index contributed by atoms with van der Waals surface area (Å²) < 4.78 is 5.49. The Balaban J connectivity index is 1.41. The largest absolute Gasteiger partial charge is 0.444 e. The molecule has 4 atom stereocenters. The molecule has 0 spiro atoms. The third kappa shape index (κ3) is 8.16. The Morgan fingerprint density at radius 1 is 1.00 bits per heavy atom. The Labute approximate surface area is 291 Å². The monoisotopic (exact) mass is 689 g/mol. The number of hydrogen-bond acceptors (Lipinski definition) is 6. The number of benzene rings is 3. The smallest absolute Gasteiger partial charge is 0.410 e. The number of carbonyl (C=O) groups excluding carboxylic acids is 5. The van der Waals surface area contributed by atoms with E-state index in [-0.39, 0.29) is 13.0 Å². The van der Waals surface area contributed by atoms with E-state index in [1.54, 1.807) is 45.0 Å². The lowest BCUT2D eigenvalue weighted by atomic mass is 9.96. The summed E-state index contributed by atoms with van der Waals surface area (Å²) in [6.07, 6.45) is 1.02. The van der Waals surface area contributed by atoms with E-state index in [4.69, 9.17) is 22.1 Å². The lowest BCUT2D eigenvalue weighted by Gasteiger charge is -2.36. The zero-order valence-corrected chi connectivity index (χ0v) is 29.1. The molecule has 0 bridgehead atoms. The molecule has 2 fully saturated rings. The maximum absolute atomic E-state index is 14.6. The predicted octanol–water partition coefficient (Wildman–Crippen LogP) is 4.60. The van der Waals surface area contributed by atoms with Crippen LogP contribution in [0.5, 0.6) is 0 Å². The number of amides is 5. The van der Waals surface area contributed by atoms with Gasteiger partial charge in [-0.2, -0.15) is 0 Å². The SMILES string of the molecule is C[C@@H]1CCN([C@H](Cc2cccc3ccccc23)C(N)=O)C(=O)[C@H](c2cccc(Cl)c2)N1C(=O)CNC(=O)[C@H]1CCCN1C(=O)OC(C)(C)C. The second-order valence-corrected chi connectivity index (χ2v) is 14.2. The molecule has 2 heterocycles. The van der Waals surface area contributed by atoms with Gasteiger partial charge in [0.05, 0.1) is 6.54 Å². The fourth-order valence-electron chi connectivity index (χ4n) is 6.78. The molecule has 3 N–H and O–H groups in total. The molecule has 11 nitrogen and oxygen atoms in total. The highest BCUT2D eigenvalue weighted by atomic mass is 35.5. The summed E-state index contributed by atoms with van der Waals surface area (Å²) in [4.78, 5) is 72.2. The maximum atomic E-state index is 14.6. The number of nitrogens with one attached hydrogen (secondary N) is 1. The third-order valence-corrected chi connectivity index (χ3v) is 9.34. The first-order chi connectivity index (χ1) is 23.2. The molecule has 2 saturated heterocycles. The first-order valence-corrected chi connectivity index (χ1v) is 17.0. The van der Waals surface area contributed by atoms with Gasteiger partial charge in [0.15, 0.2) is 0 Å². The fourth-order valence-corrected chi connectivity index (χ4v) is 6.98. The van der Waals surface area contributed by atoms with Crippen LogP contribution in [0.15, 0.2) is 66.7 Å². The topological polar surface area (TPSA) is 142 Å². The van der Waals surface area contributed by atoms with Crippen LogP contribution in [-0.4, -0.2) is 87.8 Å². The van der Waals surface area contributed by atoms with E-state index >= 15 is 0 Å². The Morgan fingerprint density at radius 3 is 2.43 bits per heavy atom. The van der Waals surface area contributed by atoms with Gasteiger partial charge < -0.3 is 25.6 Å². The van der Waals surface area contributed by atoms with E-state index in [0.29, 0.717) is 36.4 Å². The highest BCUT2D eigenvalue weighted by molar-refractivity contribution is 6.30. The van der Waals surface area contributed by atoms with Crippen molar-refractivity contribution in [3.05, 3.63) is 82.9 Å². The van der Waals surface area contributed by atoms with Crippen LogP contribution >= 0.6 is 11.6 Å². The van der Waals surface area contributed by atoms with Gasteiger partial charge in [0.2, 0.25) is 17.7 Å². The molecule has 0 radical (unpaired) electrons. The van der Waals surface area contributed by atoms with E-state index in [0.717, 1.165) is 16.3 Å². The number of halogens is 1. The van der Waals surface area contributed by atoms with Gasteiger partial charge in [-0.3, -0.25) is 24.1 Å². The van der Waals surface area contributed by atoms with Crippen LogP contribution in [0.25, 0.3) is 10.8 Å². The molecule has 5 amide bonds. The number of nitrogens with two attached hydrogens (primary N) is 1. The molecule has 3 aromatic carbocycles. The summed E-state index contributed by atoms with van der Waals surface area (Å²) in [6, 6.07) is 17.0. The minimum Gasteiger partial charge on any atom is -0.444 e. The number of ether oxygens (including phenoxy) is 1. The summed E-state index contributed by atoms with van der Waals surface area (Å²) >= 11 is 6.38. The van der Waals surface area contributed by atoms with Crippen LogP contribution in [0.3, 0.4) is 0 Å². The molecule has 0 aromatic heterocycles. The van der Waals surface area contributed by atoms with E-state index in [1.807, 2.05) is 49.4 Å². The second-order valence-electron chi connectivity index (χ2n) is 13.7. The van der Waals surface area contributed by atoms with E-state index < -0.39 is 66.0 Å². The Hall–Kier alpha value is -4.64. The van der Waals surface area contributed by atoms with Crippen LogP contribution < -0.4 is 11.1 Å². The van der Waals surface area contributed by atoms with Crippen molar-refractivity contribution in [2.24, 2.45) is 5.73 Å². The molecule has 2 aliphatic rings. The molecule has 12 heteroatoms. The minimum absolute atomic E-state index is 0.179. The summed E-state index contributed by atoms with van der Waals surface area (Å²) in [5.74, 6) is -2.10. The summed E-state index contributed by atoms with van der Waals surface area (Å²) in [7, 11) is 0. The number of rotatable bonds is 8. The van der Waals surface area contributed by atoms with Gasteiger partial charge in [0.25, 0.3) is 5.91 Å². The van der Waals surface area contributed by atoms with E-state index in [2.05, 4.69) is 5.32 Å². The van der Waals surface area contributed by atoms with Gasteiger partial charge in [-0.1, -0.05) is 66.2 Å². The van der Waals surface area contributed by atoms with Crippen LogP contribution in [0.1, 0.15) is 64.1 Å². The second kappa shape index (κ2) is 14.9. The van der Waals surface area contributed by atoms with E-state index in [1.165, 1.54) is 14.7 Å². The van der Waals surface area contributed by atoms with Gasteiger partial charge >= 0.3 is 6.09 Å². The first-order valence-electron chi connectivity index (χ1n) is 16.7. The van der Waals surface area contributed by atoms with Crippen molar-refractivity contribution in [3.8, 4) is 0 Å². The fraction of sp³-hybridized carbons (Fsp3) is 0.432. The van der Waals surface area contributed by atoms with Crippen molar-refractivity contribution in [3.63, 3.8) is 0 Å². The summed E-state index contributed by atoms with van der Waals surface area (Å²) in [5.41, 5.74) is 6.61. The predicted molar refractivity (Wildman–Crippen MR) is 186 cm³/mol. The molecule has 0 aliphatic carbocycles. The molecule has 49 heavy (non-hydrogen) atoms. The van der Waals surface area contributed by atoms with Gasteiger partial charge in [0.1, 0.15) is 23.7 Å². The average Bonchev–Trinajstić information content (AvgIpc) is 3.50. The number of likely N-dealkylation sites (tertiary alicyclic amines) is 1. The molecule has 3 aromatic rings. The molecular weight excluding hydrogens is 646 g/mol. The zero-order valence-electron chi connectivity index (χ0n) is 28.4. The first kappa shape index (κ1) is 35.7. The highest BCUT2D eigenvalue weighted by Crippen LogP contribution is 2.33. The zero-order chi connectivity index (χ0) is 35.5. The quantitative estimate of drug-likeness (QED) is 0.354. The van der Waals surface area contributed by atoms with Crippen LogP contribution in [0.4, 0.5) is 4.79 Å². The number of fused-ring (bicyclic) bond motifs is 1. The molecule has 0 saturated carbocycles. The number of primary amides is 1. The van der Waals surface area contributed by atoms with Crippen LogP contribution in [-0.2, 0) is 30.3 Å². The lowest BCUT2D eigenvalue weighted by Crippen LogP contribution is -2.54. The minimum atomic E-state index is -1.14. The van der Waals surface area contributed by atoms with Crippen molar-refractivity contribution in [1.82, 2.24) is 20.0 Å². The average molecular weight is 690 g/mol. The number of nitrogens with zero attached hydrogens (tertiary/aromatic N) is 3. The Bertz CT molecular complexity index is 1740. The van der Waals surface area contributed by atoms with Crippen molar-refractivity contribution in [2.45, 2.75) is 83.1 Å². The summed E-state index contributed by atoms with van der Waals surface area (Å²) in [6.45, 7) is 7.24. The van der Waals surface area contributed by atoms with Crippen molar-refractivity contribution in [1.29, 1.82) is 0 Å². The molecule has 0 unspecified atom stereocenters. The standard InChI is InChI=1S/C37H44ClN5O6/c1-23-17-19-41(30(33(39)45)21-25-12-7-11-24-10-5-6-15-28(24)25)35(47)32(26-13-8-14-27(38)20-26)43(23)31(44)22-40-34(46)29-16-9-18-42(29)36(48)49-37(2,3)4/h5-8,10-15,20,23,29-30,32H,9,16-19,21-22H2,1-4H3,(H2,39,45)(H,40,46)/t23-,29-,30-,32+/m1/s1. The van der Waals surface area contributed by atoms with Gasteiger partial charge in [0, 0.05) is 30.6 Å². The lowest BCUT2D eigenvalue weighted by molar-refractivity contribution is -0.148. The van der Waals surface area contributed by atoms with Gasteiger partial charge in [-0.25, -0.2) is 4.79 Å². The molecule has 2 aliphatic heterocycles. The van der Waals surface area contributed by atoms with Crippen LogP contribution in [0, 0.1) is 0 Å². The maximum Gasteiger partial charge on any atom is 0.410 e. The van der Waals surface area contributed by atoms with Crippen LogP contribution in [0.2, 0.25) is 5.02 Å². The molecular formula is C37H44ClN5O6. The van der Waals surface area contributed by atoms with Crippen molar-refractivity contribution in [2.75, 3.05) is 19.6 Å². The van der Waals surface area contributed by atoms with Gasteiger partial charge in [-0.05, 0) is 81.0 Å². The molecule has 260 valence electrons. The normalized spacial score (nSPS) is 20.6. The van der Waals surface area contributed by atoms with E-state index in [9.17, 15) is 24.0 Å². The van der Waals surface area contributed by atoms with Crippen molar-refractivity contribution >= 4 is 52.1 Å². The highest BCUT2D eigenvalue weighted by Gasteiger charge is 2.44. The number of carbonyl (C=O) groups is 5. The Kier molecular flexibility index (Phi) is 10.8.